The molecule has 0 N–H and O–H groups in total. The van der Waals surface area contributed by atoms with Crippen molar-refractivity contribution in [3.05, 3.63) is 32.6 Å². The number of carbonyl (C=O) groups is 1. The van der Waals surface area contributed by atoms with Crippen molar-refractivity contribution in [2.24, 2.45) is 14.1 Å². The Hall–Kier alpha value is -1.36. The summed E-state index contributed by atoms with van der Waals surface area (Å²) in [6, 6.07) is 0. The van der Waals surface area contributed by atoms with Crippen LogP contribution in [-0.2, 0) is 14.1 Å². The second-order valence-corrected chi connectivity index (χ2v) is 3.94. The Labute approximate surface area is 90.9 Å². The van der Waals surface area contributed by atoms with Gasteiger partial charge in [-0.2, -0.15) is 0 Å². The molecule has 1 aromatic heterocycles. The predicted octanol–water partition coefficient (Wildman–Crippen LogP) is -0.106. The molecule has 0 spiro atoms. The molecule has 0 fully saturated rings. The van der Waals surface area contributed by atoms with Crippen LogP contribution in [0, 0.1) is 0 Å². The number of aryl methyl sites for hydroxylation is 1. The van der Waals surface area contributed by atoms with Crippen molar-refractivity contribution in [3.63, 3.8) is 0 Å². The molecule has 1 heterocycles. The standard InChI is InChI=1S/C9H11ClN2O3/c1-5(10)7(13)6-4-11(2)9(15)12(3)8(6)14/h4-5H,1-3H3. The van der Waals surface area contributed by atoms with Crippen LogP contribution >= 0.6 is 11.6 Å². The quantitative estimate of drug-likeness (QED) is 0.526. The van der Waals surface area contributed by atoms with Crippen LogP contribution in [0.1, 0.15) is 17.3 Å². The lowest BCUT2D eigenvalue weighted by Gasteiger charge is -2.06. The van der Waals surface area contributed by atoms with Crippen molar-refractivity contribution >= 4 is 17.4 Å². The zero-order valence-corrected chi connectivity index (χ0v) is 9.41. The summed E-state index contributed by atoms with van der Waals surface area (Å²) in [5.41, 5.74) is -1.16. The average Bonchev–Trinajstić information content (AvgIpc) is 2.19. The summed E-state index contributed by atoms with van der Waals surface area (Å²) in [4.78, 5) is 34.4. The topological polar surface area (TPSA) is 61.1 Å². The Morgan fingerprint density at radius 3 is 2.40 bits per heavy atom. The predicted molar refractivity (Wildman–Crippen MR) is 56.6 cm³/mol. The lowest BCUT2D eigenvalue weighted by atomic mass is 10.2. The van der Waals surface area contributed by atoms with Crippen molar-refractivity contribution in [3.8, 4) is 0 Å². The number of alkyl halides is 1. The highest BCUT2D eigenvalue weighted by atomic mass is 35.5. The monoisotopic (exact) mass is 230 g/mol. The van der Waals surface area contributed by atoms with E-state index in [9.17, 15) is 14.4 Å². The number of carbonyl (C=O) groups excluding carboxylic acids is 1. The molecule has 0 saturated carbocycles. The van der Waals surface area contributed by atoms with E-state index in [1.165, 1.54) is 31.8 Å². The van der Waals surface area contributed by atoms with Crippen LogP contribution in [0.4, 0.5) is 0 Å². The van der Waals surface area contributed by atoms with Gasteiger partial charge in [-0.25, -0.2) is 4.79 Å². The zero-order valence-electron chi connectivity index (χ0n) is 8.65. The van der Waals surface area contributed by atoms with Gasteiger partial charge in [0.1, 0.15) is 5.56 Å². The van der Waals surface area contributed by atoms with Crippen molar-refractivity contribution in [2.45, 2.75) is 12.3 Å². The number of hydrogen-bond acceptors (Lipinski definition) is 3. The summed E-state index contributed by atoms with van der Waals surface area (Å²) in [6.07, 6.45) is 1.21. The maximum atomic E-state index is 11.6. The van der Waals surface area contributed by atoms with Gasteiger partial charge in [0.25, 0.3) is 5.56 Å². The van der Waals surface area contributed by atoms with Crippen LogP contribution in [0.3, 0.4) is 0 Å². The van der Waals surface area contributed by atoms with Crippen LogP contribution in [0.15, 0.2) is 15.8 Å². The molecule has 0 aromatic carbocycles. The lowest BCUT2D eigenvalue weighted by molar-refractivity contribution is 0.0988. The van der Waals surface area contributed by atoms with Gasteiger partial charge in [0, 0.05) is 20.3 Å². The van der Waals surface area contributed by atoms with Crippen molar-refractivity contribution in [1.82, 2.24) is 9.13 Å². The highest BCUT2D eigenvalue weighted by Gasteiger charge is 2.18. The molecule has 0 amide bonds. The molecular weight excluding hydrogens is 220 g/mol. The summed E-state index contributed by atoms with van der Waals surface area (Å²) in [7, 11) is 2.79. The number of aromatic nitrogens is 2. The van der Waals surface area contributed by atoms with Crippen LogP contribution in [-0.4, -0.2) is 20.3 Å². The van der Waals surface area contributed by atoms with E-state index in [2.05, 4.69) is 0 Å². The Balaban J connectivity index is 3.53. The van der Waals surface area contributed by atoms with Gasteiger partial charge in [-0.15, -0.1) is 11.6 Å². The fourth-order valence-electron chi connectivity index (χ4n) is 1.19. The first-order chi connectivity index (χ1) is 6.86. The second kappa shape index (κ2) is 4.02. The maximum Gasteiger partial charge on any atom is 0.330 e. The van der Waals surface area contributed by atoms with Gasteiger partial charge in [-0.1, -0.05) is 0 Å². The van der Waals surface area contributed by atoms with E-state index in [1.807, 2.05) is 0 Å². The minimum atomic E-state index is -0.782. The van der Waals surface area contributed by atoms with E-state index in [-0.39, 0.29) is 5.56 Å². The molecule has 0 radical (unpaired) electrons. The summed E-state index contributed by atoms with van der Waals surface area (Å²) >= 11 is 5.59. The zero-order chi connectivity index (χ0) is 11.7. The van der Waals surface area contributed by atoms with Gasteiger partial charge < -0.3 is 4.57 Å². The van der Waals surface area contributed by atoms with E-state index in [0.717, 1.165) is 4.57 Å². The molecule has 1 atom stereocenters. The molecule has 1 unspecified atom stereocenters. The van der Waals surface area contributed by atoms with Gasteiger partial charge in [-0.05, 0) is 6.92 Å². The van der Waals surface area contributed by atoms with E-state index in [1.54, 1.807) is 0 Å². The van der Waals surface area contributed by atoms with E-state index < -0.39 is 22.4 Å². The lowest BCUT2D eigenvalue weighted by Crippen LogP contribution is -2.40. The summed E-state index contributed by atoms with van der Waals surface area (Å²) in [5.74, 6) is -0.479. The maximum absolute atomic E-state index is 11.6. The number of Topliss-reactive ketones (excluding diaryl/α,β-unsaturated/α-hetero) is 1. The Kier molecular flexibility index (Phi) is 3.14. The molecule has 1 aromatic rings. The smallest absolute Gasteiger partial charge is 0.303 e. The van der Waals surface area contributed by atoms with Gasteiger partial charge in [0.2, 0.25) is 0 Å². The normalized spacial score (nSPS) is 12.5. The molecule has 0 aliphatic carbocycles. The van der Waals surface area contributed by atoms with Crippen molar-refractivity contribution in [1.29, 1.82) is 0 Å². The third-order valence-electron chi connectivity index (χ3n) is 2.07. The molecule has 0 aliphatic heterocycles. The first kappa shape index (κ1) is 11.7. The molecule has 0 saturated heterocycles. The SMILES string of the molecule is CC(Cl)C(=O)c1cn(C)c(=O)n(C)c1=O. The van der Waals surface area contributed by atoms with Gasteiger partial charge in [-0.3, -0.25) is 14.2 Å². The summed E-state index contributed by atoms with van der Waals surface area (Å²) in [5, 5.41) is -0.782. The fraction of sp³-hybridized carbons (Fsp3) is 0.444. The van der Waals surface area contributed by atoms with E-state index >= 15 is 0 Å². The van der Waals surface area contributed by atoms with E-state index in [0.29, 0.717) is 0 Å². The largest absolute Gasteiger partial charge is 0.330 e. The molecular formula is C9H11ClN2O3. The second-order valence-electron chi connectivity index (χ2n) is 3.28. The number of rotatable bonds is 2. The van der Waals surface area contributed by atoms with Crippen molar-refractivity contribution < 1.29 is 4.79 Å². The first-order valence-electron chi connectivity index (χ1n) is 4.31. The summed E-state index contributed by atoms with van der Waals surface area (Å²) in [6.45, 7) is 1.48. The Morgan fingerprint density at radius 2 is 1.93 bits per heavy atom. The third-order valence-corrected chi connectivity index (χ3v) is 2.27. The van der Waals surface area contributed by atoms with Gasteiger partial charge >= 0.3 is 5.69 Å². The van der Waals surface area contributed by atoms with Crippen molar-refractivity contribution in [2.75, 3.05) is 0 Å². The summed E-state index contributed by atoms with van der Waals surface area (Å²) < 4.78 is 2.06. The number of ketones is 1. The highest BCUT2D eigenvalue weighted by molar-refractivity contribution is 6.33. The Morgan fingerprint density at radius 1 is 1.40 bits per heavy atom. The van der Waals surface area contributed by atoms with Crippen LogP contribution < -0.4 is 11.2 Å². The molecule has 82 valence electrons. The molecule has 1 rings (SSSR count). The molecule has 15 heavy (non-hydrogen) atoms. The fourth-order valence-corrected chi connectivity index (χ4v) is 1.31. The number of hydrogen-bond donors (Lipinski definition) is 0. The van der Waals surface area contributed by atoms with Crippen LogP contribution in [0.25, 0.3) is 0 Å². The molecule has 0 aliphatic rings. The average molecular weight is 231 g/mol. The number of halogens is 1. The van der Waals surface area contributed by atoms with Crippen LogP contribution in [0.5, 0.6) is 0 Å². The highest BCUT2D eigenvalue weighted by Crippen LogP contribution is 2.02. The van der Waals surface area contributed by atoms with Crippen LogP contribution in [0.2, 0.25) is 0 Å². The third kappa shape index (κ3) is 2.02. The molecule has 0 bridgehead atoms. The molecule has 5 nitrogen and oxygen atoms in total. The Bertz CT molecular complexity index is 513. The number of nitrogens with zero attached hydrogens (tertiary/aromatic N) is 2. The van der Waals surface area contributed by atoms with Gasteiger partial charge in [0.05, 0.1) is 5.38 Å². The van der Waals surface area contributed by atoms with Gasteiger partial charge in [0.15, 0.2) is 5.78 Å². The minimum Gasteiger partial charge on any atom is -0.303 e. The molecule has 6 heteroatoms. The minimum absolute atomic E-state index is 0.0675. The van der Waals surface area contributed by atoms with E-state index in [4.69, 9.17) is 11.6 Å². The first-order valence-corrected chi connectivity index (χ1v) is 4.75.